The molecule has 1 fully saturated rings. The van der Waals surface area contributed by atoms with E-state index in [2.05, 4.69) is 4.90 Å². The second kappa shape index (κ2) is 13.3. The number of likely N-dealkylation sites (tertiary alicyclic amines) is 1. The number of β-amino-alcohol motifs (C(OH)–C–C–N with tert-alkyl or cyclic N) is 1. The summed E-state index contributed by atoms with van der Waals surface area (Å²) in [6.07, 6.45) is 2.48. The summed E-state index contributed by atoms with van der Waals surface area (Å²) in [7, 11) is -3.84. The van der Waals surface area contributed by atoms with Gasteiger partial charge in [-0.25, -0.2) is 8.42 Å². The van der Waals surface area contributed by atoms with E-state index in [-0.39, 0.29) is 30.0 Å². The second-order valence-electron chi connectivity index (χ2n) is 8.71. The molecule has 1 unspecified atom stereocenters. The van der Waals surface area contributed by atoms with Gasteiger partial charge >= 0.3 is 0 Å². The molecule has 0 amide bonds. The normalized spacial score (nSPS) is 16.2. The average Bonchev–Trinajstić information content (AvgIpc) is 2.86. The maximum absolute atomic E-state index is 13.6. The molecule has 1 atom stereocenters. The monoisotopic (exact) mass is 550 g/mol. The van der Waals surface area contributed by atoms with E-state index < -0.39 is 10.0 Å². The van der Waals surface area contributed by atoms with E-state index in [0.29, 0.717) is 29.6 Å². The van der Waals surface area contributed by atoms with E-state index in [1.165, 1.54) is 16.4 Å². The lowest BCUT2D eigenvalue weighted by Crippen LogP contribution is -2.39. The van der Waals surface area contributed by atoms with Gasteiger partial charge in [0.2, 0.25) is 0 Å². The van der Waals surface area contributed by atoms with E-state index in [1.807, 2.05) is 42.5 Å². The third kappa shape index (κ3) is 7.37. The highest BCUT2D eigenvalue weighted by atomic mass is 35.5. The Balaban J connectivity index is 0.00000361. The number of benzene rings is 3. The molecule has 0 saturated carbocycles. The van der Waals surface area contributed by atoms with Gasteiger partial charge in [-0.15, -0.1) is 12.4 Å². The van der Waals surface area contributed by atoms with Crippen molar-refractivity contribution in [2.45, 2.75) is 36.8 Å². The first-order valence-electron chi connectivity index (χ1n) is 11.9. The van der Waals surface area contributed by atoms with Crippen LogP contribution < -0.4 is 9.04 Å². The Labute approximate surface area is 224 Å². The summed E-state index contributed by atoms with van der Waals surface area (Å²) < 4.78 is 34.8. The number of anilines is 1. The first-order chi connectivity index (χ1) is 16.9. The lowest BCUT2D eigenvalue weighted by molar-refractivity contribution is 0.0678. The van der Waals surface area contributed by atoms with E-state index in [9.17, 15) is 13.5 Å². The molecule has 1 heterocycles. The number of piperidine rings is 1. The third-order valence-electron chi connectivity index (χ3n) is 6.09. The van der Waals surface area contributed by atoms with Crippen molar-refractivity contribution in [1.29, 1.82) is 0 Å². The van der Waals surface area contributed by atoms with Gasteiger partial charge in [-0.05, 0) is 68.3 Å². The van der Waals surface area contributed by atoms with Gasteiger partial charge < -0.3 is 14.7 Å². The summed E-state index contributed by atoms with van der Waals surface area (Å²) in [5.41, 5.74) is 1.35. The van der Waals surface area contributed by atoms with Gasteiger partial charge in [0.25, 0.3) is 10.0 Å². The maximum Gasteiger partial charge on any atom is 0.264 e. The quantitative estimate of drug-likeness (QED) is 0.343. The predicted octanol–water partition coefficient (Wildman–Crippen LogP) is 5.38. The molecule has 0 aromatic heterocycles. The molecule has 1 N–H and O–H groups in total. The van der Waals surface area contributed by atoms with Crippen molar-refractivity contribution in [3.63, 3.8) is 0 Å². The number of sulfonamides is 1. The zero-order chi connectivity index (χ0) is 24.7. The summed E-state index contributed by atoms with van der Waals surface area (Å²) in [5.74, 6) is 0.665. The molecule has 6 nitrogen and oxygen atoms in total. The van der Waals surface area contributed by atoms with Crippen molar-refractivity contribution in [1.82, 2.24) is 4.90 Å². The number of halogens is 2. The Morgan fingerprint density at radius 3 is 2.42 bits per heavy atom. The number of aliphatic hydroxyl groups excluding tert-OH is 1. The van der Waals surface area contributed by atoms with Gasteiger partial charge in [0, 0.05) is 23.7 Å². The lowest BCUT2D eigenvalue weighted by atomic mass is 10.1. The predicted molar refractivity (Wildman–Crippen MR) is 147 cm³/mol. The third-order valence-corrected chi connectivity index (χ3v) is 8.13. The number of hydrogen-bond acceptors (Lipinski definition) is 5. The molecule has 0 aliphatic carbocycles. The van der Waals surface area contributed by atoms with Crippen LogP contribution in [0.25, 0.3) is 0 Å². The SMILES string of the molecule is Cl.O=S(=O)(c1ccc(Cl)cc1)N(Cc1ccccc1OCCCN1CCCC(O)C1)c1ccccc1. The fraction of sp³-hybridized carbons (Fsp3) is 0.333. The van der Waals surface area contributed by atoms with Crippen molar-refractivity contribution in [2.24, 2.45) is 0 Å². The largest absolute Gasteiger partial charge is 0.493 e. The Morgan fingerprint density at radius 1 is 1.00 bits per heavy atom. The zero-order valence-corrected chi connectivity index (χ0v) is 22.4. The van der Waals surface area contributed by atoms with Crippen LogP contribution in [0.3, 0.4) is 0 Å². The standard InChI is InChI=1S/C27H31ClN2O4S.ClH/c28-23-13-15-26(16-14-23)35(32,33)30(24-9-2-1-3-10-24)20-22-8-4-5-12-27(22)34-19-7-18-29-17-6-11-25(31)21-29;/h1-5,8-10,12-16,25,31H,6-7,11,17-21H2;1H. The van der Waals surface area contributed by atoms with Gasteiger partial charge in [0.05, 0.1) is 29.8 Å². The molecule has 4 rings (SSSR count). The number of nitrogens with zero attached hydrogens (tertiary/aromatic N) is 2. The highest BCUT2D eigenvalue weighted by Crippen LogP contribution is 2.29. The highest BCUT2D eigenvalue weighted by molar-refractivity contribution is 7.92. The molecule has 1 aliphatic rings. The minimum atomic E-state index is -3.84. The minimum absolute atomic E-state index is 0. The fourth-order valence-corrected chi connectivity index (χ4v) is 5.85. The van der Waals surface area contributed by atoms with Crippen LogP contribution in [0.15, 0.2) is 83.8 Å². The fourth-order valence-electron chi connectivity index (χ4n) is 4.28. The number of hydrogen-bond donors (Lipinski definition) is 1. The van der Waals surface area contributed by atoms with Crippen molar-refractivity contribution in [3.05, 3.63) is 89.4 Å². The number of para-hydroxylation sites is 2. The number of ether oxygens (including phenoxy) is 1. The molecule has 1 aliphatic heterocycles. The summed E-state index contributed by atoms with van der Waals surface area (Å²) >= 11 is 5.99. The Bertz CT molecular complexity index is 1190. The van der Waals surface area contributed by atoms with Gasteiger partial charge in [0.15, 0.2) is 0 Å². The summed E-state index contributed by atoms with van der Waals surface area (Å²) in [5, 5.41) is 10.3. The van der Waals surface area contributed by atoms with Gasteiger partial charge in [-0.3, -0.25) is 4.31 Å². The topological polar surface area (TPSA) is 70.1 Å². The highest BCUT2D eigenvalue weighted by Gasteiger charge is 2.26. The zero-order valence-electron chi connectivity index (χ0n) is 20.0. The summed E-state index contributed by atoms with van der Waals surface area (Å²) in [6, 6.07) is 22.8. The van der Waals surface area contributed by atoms with Crippen LogP contribution in [0.2, 0.25) is 5.02 Å². The van der Waals surface area contributed by atoms with E-state index >= 15 is 0 Å². The van der Waals surface area contributed by atoms with Crippen molar-refractivity contribution >= 4 is 39.7 Å². The smallest absolute Gasteiger partial charge is 0.264 e. The lowest BCUT2D eigenvalue weighted by Gasteiger charge is -2.29. The Morgan fingerprint density at radius 2 is 1.69 bits per heavy atom. The molecule has 0 spiro atoms. The van der Waals surface area contributed by atoms with Crippen LogP contribution in [-0.2, 0) is 16.6 Å². The van der Waals surface area contributed by atoms with Crippen molar-refractivity contribution in [3.8, 4) is 5.75 Å². The van der Waals surface area contributed by atoms with E-state index in [4.69, 9.17) is 16.3 Å². The number of rotatable bonds is 10. The van der Waals surface area contributed by atoms with E-state index in [1.54, 1.807) is 24.3 Å². The van der Waals surface area contributed by atoms with Crippen LogP contribution in [0, 0.1) is 0 Å². The molecule has 1 saturated heterocycles. The molecule has 0 radical (unpaired) electrons. The van der Waals surface area contributed by atoms with Crippen LogP contribution in [0.5, 0.6) is 5.75 Å². The summed E-state index contributed by atoms with van der Waals surface area (Å²) in [4.78, 5) is 2.44. The van der Waals surface area contributed by atoms with Crippen LogP contribution >= 0.6 is 24.0 Å². The van der Waals surface area contributed by atoms with Crippen LogP contribution in [0.1, 0.15) is 24.8 Å². The Kier molecular flexibility index (Phi) is 10.5. The second-order valence-corrected chi connectivity index (χ2v) is 11.0. The summed E-state index contributed by atoms with van der Waals surface area (Å²) in [6.45, 7) is 3.22. The Hall–Kier alpha value is -2.29. The molecule has 36 heavy (non-hydrogen) atoms. The van der Waals surface area contributed by atoms with Gasteiger partial charge in [0.1, 0.15) is 5.75 Å². The van der Waals surface area contributed by atoms with E-state index in [0.717, 1.165) is 37.9 Å². The average molecular weight is 552 g/mol. The van der Waals surface area contributed by atoms with Crippen LogP contribution in [-0.4, -0.2) is 50.8 Å². The van der Waals surface area contributed by atoms with Crippen molar-refractivity contribution in [2.75, 3.05) is 30.5 Å². The number of aliphatic hydroxyl groups is 1. The van der Waals surface area contributed by atoms with Gasteiger partial charge in [-0.2, -0.15) is 0 Å². The molecule has 0 bridgehead atoms. The molecule has 194 valence electrons. The maximum atomic E-state index is 13.6. The van der Waals surface area contributed by atoms with Crippen LogP contribution in [0.4, 0.5) is 5.69 Å². The molecule has 9 heteroatoms. The van der Waals surface area contributed by atoms with Crippen molar-refractivity contribution < 1.29 is 18.3 Å². The molecular formula is C27H32Cl2N2O4S. The molecule has 3 aromatic carbocycles. The molecule has 3 aromatic rings. The first-order valence-corrected chi connectivity index (χ1v) is 13.7. The molecular weight excluding hydrogens is 519 g/mol. The first kappa shape index (κ1) is 28.3. The van der Waals surface area contributed by atoms with Gasteiger partial charge in [-0.1, -0.05) is 48.0 Å². The minimum Gasteiger partial charge on any atom is -0.493 e.